The van der Waals surface area contributed by atoms with Crippen molar-refractivity contribution >= 4 is 11.8 Å². The fourth-order valence-electron chi connectivity index (χ4n) is 3.49. The summed E-state index contributed by atoms with van der Waals surface area (Å²) in [4.78, 5) is 27.3. The van der Waals surface area contributed by atoms with Crippen LogP contribution < -0.4 is 5.73 Å². The van der Waals surface area contributed by atoms with Gasteiger partial charge in [0.05, 0.1) is 23.2 Å². The van der Waals surface area contributed by atoms with Gasteiger partial charge >= 0.3 is 0 Å². The second-order valence-corrected chi connectivity index (χ2v) is 6.32. The Labute approximate surface area is 151 Å². The van der Waals surface area contributed by atoms with Crippen LogP contribution in [0.25, 0.3) is 0 Å². The Hall–Kier alpha value is -3.24. The predicted octanol–water partition coefficient (Wildman–Crippen LogP) is 3.72. The molecule has 26 heavy (non-hydrogen) atoms. The van der Waals surface area contributed by atoms with Gasteiger partial charge in [0.2, 0.25) is 0 Å². The normalized spacial score (nSPS) is 15.7. The first-order valence-corrected chi connectivity index (χ1v) is 8.51. The van der Waals surface area contributed by atoms with Crippen molar-refractivity contribution in [3.05, 3.63) is 107 Å². The molecule has 0 saturated heterocycles. The fourth-order valence-corrected chi connectivity index (χ4v) is 3.49. The number of fused-ring (bicyclic) bond motifs is 1. The minimum atomic E-state index is -0.578. The minimum Gasteiger partial charge on any atom is -0.322 e. The van der Waals surface area contributed by atoms with Gasteiger partial charge in [-0.3, -0.25) is 14.5 Å². The number of carbonyl (C=O) groups excluding carboxylic acids is 2. The first kappa shape index (κ1) is 16.2. The van der Waals surface area contributed by atoms with Crippen molar-refractivity contribution < 1.29 is 9.59 Å². The average molecular weight is 342 g/mol. The van der Waals surface area contributed by atoms with Crippen LogP contribution in [-0.4, -0.2) is 16.7 Å². The lowest BCUT2D eigenvalue weighted by atomic mass is 9.92. The Morgan fingerprint density at radius 1 is 0.615 bits per heavy atom. The van der Waals surface area contributed by atoms with Crippen molar-refractivity contribution in [2.45, 2.75) is 12.1 Å². The van der Waals surface area contributed by atoms with Gasteiger partial charge in [0.15, 0.2) is 0 Å². The number of hydrogen-bond donors (Lipinski definition) is 1. The Balaban J connectivity index is 1.82. The highest BCUT2D eigenvalue weighted by Gasteiger charge is 2.42. The monoisotopic (exact) mass is 342 g/mol. The number of carbonyl (C=O) groups is 2. The van der Waals surface area contributed by atoms with Crippen LogP contribution in [0.2, 0.25) is 0 Å². The molecule has 0 radical (unpaired) electrons. The molecule has 3 aromatic carbocycles. The van der Waals surface area contributed by atoms with Crippen molar-refractivity contribution in [2.24, 2.45) is 5.73 Å². The smallest absolute Gasteiger partial charge is 0.262 e. The summed E-state index contributed by atoms with van der Waals surface area (Å²) in [5.74, 6) is -0.600. The van der Waals surface area contributed by atoms with Crippen molar-refractivity contribution in [1.29, 1.82) is 0 Å². The molecule has 1 aliphatic rings. The number of amides is 2. The largest absolute Gasteiger partial charge is 0.322 e. The third-order valence-electron chi connectivity index (χ3n) is 4.77. The van der Waals surface area contributed by atoms with Gasteiger partial charge in [-0.25, -0.2) is 0 Å². The number of imide groups is 1. The van der Waals surface area contributed by atoms with Crippen LogP contribution >= 0.6 is 0 Å². The summed E-state index contributed by atoms with van der Waals surface area (Å²) < 4.78 is 0. The van der Waals surface area contributed by atoms with Crippen LogP contribution in [0.1, 0.15) is 43.9 Å². The van der Waals surface area contributed by atoms with Crippen LogP contribution in [0.3, 0.4) is 0 Å². The molecule has 2 N–H and O–H groups in total. The topological polar surface area (TPSA) is 63.4 Å². The second-order valence-electron chi connectivity index (χ2n) is 6.32. The van der Waals surface area contributed by atoms with Crippen molar-refractivity contribution in [1.82, 2.24) is 4.90 Å². The summed E-state index contributed by atoms with van der Waals surface area (Å²) in [6, 6.07) is 24.8. The van der Waals surface area contributed by atoms with Gasteiger partial charge in [-0.1, -0.05) is 72.8 Å². The van der Waals surface area contributed by atoms with Gasteiger partial charge < -0.3 is 5.73 Å². The van der Waals surface area contributed by atoms with Crippen LogP contribution in [0.4, 0.5) is 0 Å². The van der Waals surface area contributed by atoms with E-state index >= 15 is 0 Å². The van der Waals surface area contributed by atoms with Crippen LogP contribution in [-0.2, 0) is 0 Å². The van der Waals surface area contributed by atoms with E-state index in [1.165, 1.54) is 4.90 Å². The van der Waals surface area contributed by atoms with Crippen LogP contribution in [0, 0.1) is 0 Å². The van der Waals surface area contributed by atoms with Crippen molar-refractivity contribution in [2.75, 3.05) is 0 Å². The summed E-state index contributed by atoms with van der Waals surface area (Å²) in [6.07, 6.45) is 0. The number of nitrogens with two attached hydrogens (primary N) is 1. The zero-order valence-corrected chi connectivity index (χ0v) is 14.1. The molecule has 0 fully saturated rings. The standard InChI is InChI=1S/C22H18N2O2/c23-19(15-9-3-1-4-10-15)20(16-11-5-2-6-12-16)24-21(25)17-13-7-8-14-18(17)22(24)26/h1-14,19-20H,23H2/t19-,20-/m1/s1. The van der Waals surface area contributed by atoms with E-state index < -0.39 is 12.1 Å². The molecule has 4 heteroatoms. The van der Waals surface area contributed by atoms with Gasteiger partial charge in [0.25, 0.3) is 11.8 Å². The van der Waals surface area contributed by atoms with E-state index in [1.807, 2.05) is 60.7 Å². The van der Waals surface area contributed by atoms with E-state index in [0.717, 1.165) is 11.1 Å². The molecule has 1 heterocycles. The second kappa shape index (κ2) is 6.58. The van der Waals surface area contributed by atoms with E-state index in [0.29, 0.717) is 11.1 Å². The number of nitrogens with zero attached hydrogens (tertiary/aromatic N) is 1. The molecule has 3 aromatic rings. The van der Waals surface area contributed by atoms with Crippen LogP contribution in [0.5, 0.6) is 0 Å². The van der Waals surface area contributed by atoms with E-state index in [2.05, 4.69) is 0 Å². The van der Waals surface area contributed by atoms with Gasteiger partial charge in [-0.15, -0.1) is 0 Å². The molecule has 4 rings (SSSR count). The molecule has 0 unspecified atom stereocenters. The van der Waals surface area contributed by atoms with Gasteiger partial charge in [0.1, 0.15) is 0 Å². The van der Waals surface area contributed by atoms with E-state index in [4.69, 9.17) is 5.73 Å². The molecule has 128 valence electrons. The quantitative estimate of drug-likeness (QED) is 0.735. The molecule has 0 aromatic heterocycles. The average Bonchev–Trinajstić information content (AvgIpc) is 2.95. The molecular weight excluding hydrogens is 324 g/mol. The van der Waals surface area contributed by atoms with Crippen molar-refractivity contribution in [3.63, 3.8) is 0 Å². The van der Waals surface area contributed by atoms with E-state index in [-0.39, 0.29) is 11.8 Å². The zero-order chi connectivity index (χ0) is 18.1. The van der Waals surface area contributed by atoms with E-state index in [9.17, 15) is 9.59 Å². The number of hydrogen-bond acceptors (Lipinski definition) is 3. The van der Waals surface area contributed by atoms with Gasteiger partial charge in [-0.05, 0) is 23.3 Å². The summed E-state index contributed by atoms with van der Waals surface area (Å²) in [6.45, 7) is 0. The maximum atomic E-state index is 13.0. The summed E-state index contributed by atoms with van der Waals surface area (Å²) in [5, 5.41) is 0. The zero-order valence-electron chi connectivity index (χ0n) is 14.1. The fraction of sp³-hybridized carbons (Fsp3) is 0.0909. The Kier molecular flexibility index (Phi) is 4.11. The third kappa shape index (κ3) is 2.61. The lowest BCUT2D eigenvalue weighted by Gasteiger charge is -2.32. The highest BCUT2D eigenvalue weighted by atomic mass is 16.2. The first-order chi connectivity index (χ1) is 12.7. The van der Waals surface area contributed by atoms with Crippen molar-refractivity contribution in [3.8, 4) is 0 Å². The van der Waals surface area contributed by atoms with E-state index in [1.54, 1.807) is 24.3 Å². The maximum absolute atomic E-state index is 13.0. The first-order valence-electron chi connectivity index (χ1n) is 8.51. The molecule has 0 aliphatic carbocycles. The van der Waals surface area contributed by atoms with Crippen LogP contribution in [0.15, 0.2) is 84.9 Å². The molecule has 0 spiro atoms. The molecular formula is C22H18N2O2. The molecule has 0 bridgehead atoms. The summed E-state index contributed by atoms with van der Waals surface area (Å²) >= 11 is 0. The Morgan fingerprint density at radius 2 is 1.04 bits per heavy atom. The highest BCUT2D eigenvalue weighted by molar-refractivity contribution is 6.21. The molecule has 2 atom stereocenters. The molecule has 1 aliphatic heterocycles. The summed E-state index contributed by atoms with van der Waals surface area (Å²) in [7, 11) is 0. The molecule has 2 amide bonds. The Morgan fingerprint density at radius 3 is 1.54 bits per heavy atom. The van der Waals surface area contributed by atoms with Gasteiger partial charge in [-0.2, -0.15) is 0 Å². The van der Waals surface area contributed by atoms with Gasteiger partial charge in [0, 0.05) is 0 Å². The number of rotatable bonds is 4. The highest BCUT2D eigenvalue weighted by Crippen LogP contribution is 2.37. The number of benzene rings is 3. The minimum absolute atomic E-state index is 0.300. The maximum Gasteiger partial charge on any atom is 0.262 e. The SMILES string of the molecule is N[C@H](c1ccccc1)[C@@H](c1ccccc1)N1C(=O)c2ccccc2C1=O. The molecule has 4 nitrogen and oxygen atoms in total. The Bertz CT molecular complexity index is 919. The third-order valence-corrected chi connectivity index (χ3v) is 4.77. The lowest BCUT2D eigenvalue weighted by Crippen LogP contribution is -2.40. The predicted molar refractivity (Wildman–Crippen MR) is 99.5 cm³/mol. The lowest BCUT2D eigenvalue weighted by molar-refractivity contribution is 0.0557. The summed E-state index contributed by atoms with van der Waals surface area (Å²) in [5.41, 5.74) is 9.13. The molecule has 0 saturated carbocycles.